The topological polar surface area (TPSA) is 123 Å². The average Bonchev–Trinajstić information content (AvgIpc) is 2.87. The van der Waals surface area contributed by atoms with Crippen molar-refractivity contribution in [2.24, 2.45) is 11.8 Å². The summed E-state index contributed by atoms with van der Waals surface area (Å²) in [6.07, 6.45) is 7.64. The first-order chi connectivity index (χ1) is 19.3. The maximum Gasteiger partial charge on any atom is 0.131 e. The highest BCUT2D eigenvalue weighted by Crippen LogP contribution is 2.66. The second kappa shape index (κ2) is 9.12. The van der Waals surface area contributed by atoms with E-state index in [1.807, 2.05) is 0 Å². The fourth-order valence-corrected chi connectivity index (χ4v) is 8.37. The minimum absolute atomic E-state index is 0.207. The zero-order valence-corrected chi connectivity index (χ0v) is 22.6. The molecule has 8 N–H and O–H groups in total. The first-order valence-corrected chi connectivity index (χ1v) is 14.1. The number of hydrogen-bond acceptors (Lipinski definition) is 6. The van der Waals surface area contributed by atoms with Crippen LogP contribution in [0.25, 0.3) is 0 Å². The van der Waals surface area contributed by atoms with Gasteiger partial charge >= 0.3 is 0 Å². The van der Waals surface area contributed by atoms with E-state index in [4.69, 9.17) is 32.4 Å². The Balaban J connectivity index is 1.13. The Kier molecular flexibility index (Phi) is 5.63. The quantitative estimate of drug-likeness (QED) is 0.192. The van der Waals surface area contributed by atoms with Crippen molar-refractivity contribution in [3.8, 4) is 23.0 Å². The van der Waals surface area contributed by atoms with Crippen LogP contribution in [0.4, 0.5) is 22.7 Å². The number of anilines is 4. The summed E-state index contributed by atoms with van der Waals surface area (Å²) in [4.78, 5) is 0. The van der Waals surface area contributed by atoms with Gasteiger partial charge in [-0.2, -0.15) is 0 Å². The van der Waals surface area contributed by atoms with Crippen LogP contribution >= 0.6 is 0 Å². The maximum atomic E-state index is 6.08. The van der Waals surface area contributed by atoms with Crippen LogP contribution < -0.4 is 32.4 Å². The number of benzene rings is 4. The van der Waals surface area contributed by atoms with E-state index in [1.165, 1.54) is 49.7 Å². The van der Waals surface area contributed by atoms with Gasteiger partial charge in [-0.1, -0.05) is 24.3 Å². The summed E-state index contributed by atoms with van der Waals surface area (Å²) in [6, 6.07) is 28.1. The van der Waals surface area contributed by atoms with Crippen LogP contribution in [0, 0.1) is 11.8 Å². The highest BCUT2D eigenvalue weighted by Gasteiger charge is 2.58. The second-order valence-electron chi connectivity index (χ2n) is 12.4. The molecule has 4 aliphatic rings. The molecule has 4 aliphatic carbocycles. The van der Waals surface area contributed by atoms with Crippen molar-refractivity contribution < 1.29 is 9.47 Å². The molecule has 204 valence electrons. The van der Waals surface area contributed by atoms with Crippen molar-refractivity contribution in [1.29, 1.82) is 0 Å². The van der Waals surface area contributed by atoms with E-state index in [1.54, 1.807) is 36.4 Å². The second-order valence-corrected chi connectivity index (χ2v) is 12.4. The molecule has 8 rings (SSSR count). The molecule has 4 aromatic rings. The Labute approximate surface area is 235 Å². The summed E-state index contributed by atoms with van der Waals surface area (Å²) in [5, 5.41) is 0. The zero-order valence-electron chi connectivity index (χ0n) is 22.6. The molecule has 0 aromatic heterocycles. The molecule has 0 radical (unpaired) electrons. The van der Waals surface area contributed by atoms with E-state index in [-0.39, 0.29) is 10.8 Å². The Bertz CT molecular complexity index is 1390. The van der Waals surface area contributed by atoms with Crippen molar-refractivity contribution in [2.75, 3.05) is 22.9 Å². The van der Waals surface area contributed by atoms with Gasteiger partial charge in [-0.05, 0) is 109 Å². The van der Waals surface area contributed by atoms with Crippen molar-refractivity contribution in [3.63, 3.8) is 0 Å². The summed E-state index contributed by atoms with van der Waals surface area (Å²) in [5.74, 6) is 4.44. The molecule has 4 saturated carbocycles. The van der Waals surface area contributed by atoms with Gasteiger partial charge in [0, 0.05) is 47.0 Å². The van der Waals surface area contributed by atoms with E-state index in [2.05, 4.69) is 48.5 Å². The molecule has 0 spiro atoms. The molecule has 4 fully saturated rings. The monoisotopic (exact) mass is 532 g/mol. The van der Waals surface area contributed by atoms with E-state index < -0.39 is 0 Å². The normalized spacial score (nSPS) is 26.5. The first kappa shape index (κ1) is 24.7. The van der Waals surface area contributed by atoms with Gasteiger partial charge in [-0.25, -0.2) is 0 Å². The van der Waals surface area contributed by atoms with E-state index in [0.717, 1.165) is 23.3 Å². The van der Waals surface area contributed by atoms with Crippen LogP contribution in [0.3, 0.4) is 0 Å². The Hall–Kier alpha value is -4.32. The van der Waals surface area contributed by atoms with Crippen LogP contribution in [0.15, 0.2) is 84.9 Å². The van der Waals surface area contributed by atoms with Gasteiger partial charge in [-0.15, -0.1) is 0 Å². The predicted octanol–water partition coefficient (Wildman–Crippen LogP) is 7.39. The molecule has 0 saturated heterocycles. The predicted molar refractivity (Wildman–Crippen MR) is 162 cm³/mol. The smallest absolute Gasteiger partial charge is 0.131 e. The minimum Gasteiger partial charge on any atom is -0.457 e. The molecule has 0 aliphatic heterocycles. The summed E-state index contributed by atoms with van der Waals surface area (Å²) >= 11 is 0. The Morgan fingerprint density at radius 2 is 0.825 bits per heavy atom. The largest absolute Gasteiger partial charge is 0.457 e. The van der Waals surface area contributed by atoms with Crippen molar-refractivity contribution in [2.45, 2.75) is 49.4 Å². The molecule has 6 nitrogen and oxygen atoms in total. The van der Waals surface area contributed by atoms with Gasteiger partial charge in [0.15, 0.2) is 0 Å². The molecule has 0 heterocycles. The number of nitrogen functional groups attached to an aromatic ring is 4. The number of nitrogens with two attached hydrogens (primary N) is 4. The summed E-state index contributed by atoms with van der Waals surface area (Å²) in [7, 11) is 0. The number of ether oxygens (including phenoxy) is 2. The van der Waals surface area contributed by atoms with Gasteiger partial charge < -0.3 is 32.4 Å². The number of hydrogen-bond donors (Lipinski definition) is 4. The molecule has 40 heavy (non-hydrogen) atoms. The van der Waals surface area contributed by atoms with Crippen molar-refractivity contribution in [3.05, 3.63) is 96.1 Å². The van der Waals surface area contributed by atoms with Gasteiger partial charge in [-0.3, -0.25) is 0 Å². The lowest BCUT2D eigenvalue weighted by atomic mass is 9.42. The van der Waals surface area contributed by atoms with E-state index in [9.17, 15) is 0 Å². The van der Waals surface area contributed by atoms with Crippen LogP contribution in [-0.2, 0) is 10.8 Å². The van der Waals surface area contributed by atoms with Crippen LogP contribution in [0.5, 0.6) is 23.0 Å². The lowest BCUT2D eigenvalue weighted by Crippen LogP contribution is -2.55. The minimum atomic E-state index is 0.207. The molecule has 4 bridgehead atoms. The van der Waals surface area contributed by atoms with E-state index in [0.29, 0.717) is 34.2 Å². The third kappa shape index (κ3) is 4.47. The van der Waals surface area contributed by atoms with Gasteiger partial charge in [0.05, 0.1) is 0 Å². The lowest BCUT2D eigenvalue weighted by molar-refractivity contribution is -0.0281. The zero-order chi connectivity index (χ0) is 27.5. The average molecular weight is 533 g/mol. The molecular formula is C34H36N4O2. The van der Waals surface area contributed by atoms with Crippen LogP contribution in [-0.4, -0.2) is 0 Å². The molecule has 0 amide bonds. The van der Waals surface area contributed by atoms with Gasteiger partial charge in [0.2, 0.25) is 0 Å². The summed E-state index contributed by atoms with van der Waals surface area (Å²) < 4.78 is 12.2. The van der Waals surface area contributed by atoms with Crippen molar-refractivity contribution >= 4 is 22.7 Å². The SMILES string of the molecule is Nc1cc(N)cc(Oc2ccc(C34CC5CC(C3)CC(c3ccc(Oc6cc(N)cc(N)c6)cc3)(C5)C4)cc2)c1. The summed E-state index contributed by atoms with van der Waals surface area (Å²) in [6.45, 7) is 0. The molecule has 6 heteroatoms. The van der Waals surface area contributed by atoms with Crippen molar-refractivity contribution in [1.82, 2.24) is 0 Å². The third-order valence-electron chi connectivity index (χ3n) is 9.37. The standard InChI is InChI=1S/C34H36N4O2/c35-25-10-26(36)13-31(12-25)39-29-5-1-23(2-6-29)33-16-21-9-22(17-33)19-34(18-21,20-33)24-3-7-30(8-4-24)40-32-14-27(37)11-28(38)15-32/h1-8,10-15,21-22H,9,16-20,35-38H2. The van der Waals surface area contributed by atoms with Crippen LogP contribution in [0.2, 0.25) is 0 Å². The highest BCUT2D eigenvalue weighted by molar-refractivity contribution is 5.58. The molecule has 0 atom stereocenters. The Morgan fingerprint density at radius 1 is 0.475 bits per heavy atom. The first-order valence-electron chi connectivity index (χ1n) is 14.1. The molecule has 4 aromatic carbocycles. The van der Waals surface area contributed by atoms with E-state index >= 15 is 0 Å². The molecular weight excluding hydrogens is 496 g/mol. The van der Waals surface area contributed by atoms with Crippen LogP contribution in [0.1, 0.15) is 49.7 Å². The van der Waals surface area contributed by atoms with Gasteiger partial charge in [0.25, 0.3) is 0 Å². The highest BCUT2D eigenvalue weighted by atomic mass is 16.5. The number of rotatable bonds is 6. The summed E-state index contributed by atoms with van der Waals surface area (Å²) in [5.41, 5.74) is 29.4. The van der Waals surface area contributed by atoms with Gasteiger partial charge in [0.1, 0.15) is 23.0 Å². The third-order valence-corrected chi connectivity index (χ3v) is 9.37. The lowest BCUT2D eigenvalue weighted by Gasteiger charge is -2.62. The maximum absolute atomic E-state index is 6.08. The fraction of sp³-hybridized carbons (Fsp3) is 0.294. The fourth-order valence-electron chi connectivity index (χ4n) is 8.37. The Morgan fingerprint density at radius 3 is 1.18 bits per heavy atom. The molecule has 0 unspecified atom stereocenters.